The Morgan fingerprint density at radius 1 is 1.41 bits per heavy atom. The van der Waals surface area contributed by atoms with Gasteiger partial charge in [0, 0.05) is 30.4 Å². The van der Waals surface area contributed by atoms with Gasteiger partial charge >= 0.3 is 0 Å². The highest BCUT2D eigenvalue weighted by molar-refractivity contribution is 5.61. The highest BCUT2D eigenvalue weighted by Gasteiger charge is 2.25. The molecule has 0 bridgehead atoms. The quantitative estimate of drug-likeness (QED) is 0.870. The molecule has 0 heterocycles. The van der Waals surface area contributed by atoms with E-state index in [-0.39, 0.29) is 6.04 Å². The first-order valence-electron chi connectivity index (χ1n) is 6.30. The highest BCUT2D eigenvalue weighted by Crippen LogP contribution is 2.36. The summed E-state index contributed by atoms with van der Waals surface area (Å²) in [6.45, 7) is 2.01. The van der Waals surface area contributed by atoms with Crippen LogP contribution >= 0.6 is 0 Å². The first-order chi connectivity index (χ1) is 8.15. The van der Waals surface area contributed by atoms with Gasteiger partial charge in [0.1, 0.15) is 5.75 Å². The van der Waals surface area contributed by atoms with Crippen LogP contribution in [0, 0.1) is 0 Å². The number of ether oxygens (including phenoxy) is 1. The Kier molecular flexibility index (Phi) is 3.57. The molecule has 0 unspecified atom stereocenters. The molecule has 3 heteroatoms. The molecule has 0 aromatic heterocycles. The Labute approximate surface area is 104 Å². The molecule has 1 saturated carbocycles. The van der Waals surface area contributed by atoms with Crippen molar-refractivity contribution in [2.45, 2.75) is 38.3 Å². The van der Waals surface area contributed by atoms with Crippen molar-refractivity contribution in [3.8, 4) is 5.75 Å². The van der Waals surface area contributed by atoms with Gasteiger partial charge in [0.05, 0.1) is 7.11 Å². The normalized spacial score (nSPS) is 17.4. The molecular weight excluding hydrogens is 212 g/mol. The lowest BCUT2D eigenvalue weighted by Crippen LogP contribution is -2.38. The van der Waals surface area contributed by atoms with Gasteiger partial charge < -0.3 is 15.4 Å². The first-order valence-corrected chi connectivity index (χ1v) is 6.30. The van der Waals surface area contributed by atoms with Crippen molar-refractivity contribution in [3.63, 3.8) is 0 Å². The van der Waals surface area contributed by atoms with Gasteiger partial charge in [-0.3, -0.25) is 0 Å². The number of rotatable bonds is 4. The van der Waals surface area contributed by atoms with Crippen molar-refractivity contribution in [2.24, 2.45) is 5.73 Å². The van der Waals surface area contributed by atoms with Crippen molar-refractivity contribution in [1.82, 2.24) is 0 Å². The summed E-state index contributed by atoms with van der Waals surface area (Å²) in [7, 11) is 3.86. The summed E-state index contributed by atoms with van der Waals surface area (Å²) in [4.78, 5) is 2.35. The van der Waals surface area contributed by atoms with Crippen LogP contribution in [0.1, 0.15) is 37.8 Å². The molecule has 1 aliphatic carbocycles. The number of hydrogen-bond acceptors (Lipinski definition) is 3. The summed E-state index contributed by atoms with van der Waals surface area (Å²) in [5, 5.41) is 0. The lowest BCUT2D eigenvalue weighted by atomic mass is 9.90. The molecule has 17 heavy (non-hydrogen) atoms. The van der Waals surface area contributed by atoms with Gasteiger partial charge in [-0.25, -0.2) is 0 Å². The number of hydrogen-bond donors (Lipinski definition) is 1. The van der Waals surface area contributed by atoms with E-state index in [4.69, 9.17) is 10.5 Å². The Morgan fingerprint density at radius 2 is 2.12 bits per heavy atom. The van der Waals surface area contributed by atoms with Crippen LogP contribution in [0.3, 0.4) is 0 Å². The minimum atomic E-state index is -0.0105. The standard InChI is InChI=1S/C14H22N2O/c1-10(15)14-12(8-5-9-13(14)17-3)16(2)11-6-4-7-11/h5,8-11H,4,6-7,15H2,1-3H3/t10-/m1/s1. The average Bonchev–Trinajstić information content (AvgIpc) is 2.25. The summed E-state index contributed by atoms with van der Waals surface area (Å²) in [6.07, 6.45) is 3.91. The minimum Gasteiger partial charge on any atom is -0.496 e. The molecular formula is C14H22N2O. The van der Waals surface area contributed by atoms with E-state index in [0.717, 1.165) is 11.3 Å². The molecule has 1 aliphatic rings. The smallest absolute Gasteiger partial charge is 0.125 e. The van der Waals surface area contributed by atoms with Gasteiger partial charge in [-0.05, 0) is 38.3 Å². The summed E-state index contributed by atoms with van der Waals surface area (Å²) in [5.74, 6) is 0.892. The lowest BCUT2D eigenvalue weighted by Gasteiger charge is -2.38. The van der Waals surface area contributed by atoms with E-state index >= 15 is 0 Å². The minimum absolute atomic E-state index is 0.0105. The van der Waals surface area contributed by atoms with Crippen LogP contribution in [0.5, 0.6) is 5.75 Å². The van der Waals surface area contributed by atoms with Gasteiger partial charge in [0.15, 0.2) is 0 Å². The molecule has 1 aromatic rings. The third-order valence-electron chi connectivity index (χ3n) is 3.72. The predicted octanol–water partition coefficient (Wildman–Crippen LogP) is 2.70. The Bertz CT molecular complexity index is 386. The fraction of sp³-hybridized carbons (Fsp3) is 0.571. The summed E-state index contributed by atoms with van der Waals surface area (Å²) < 4.78 is 5.42. The Morgan fingerprint density at radius 3 is 2.59 bits per heavy atom. The zero-order valence-corrected chi connectivity index (χ0v) is 10.9. The number of benzene rings is 1. The number of nitrogens with two attached hydrogens (primary N) is 1. The summed E-state index contributed by atoms with van der Waals surface area (Å²) >= 11 is 0. The van der Waals surface area contributed by atoms with Gasteiger partial charge in [0.25, 0.3) is 0 Å². The molecule has 2 rings (SSSR count). The molecule has 0 saturated heterocycles. The maximum Gasteiger partial charge on any atom is 0.125 e. The van der Waals surface area contributed by atoms with Gasteiger partial charge in [-0.1, -0.05) is 6.07 Å². The van der Waals surface area contributed by atoms with E-state index in [1.54, 1.807) is 7.11 Å². The van der Waals surface area contributed by atoms with Crippen molar-refractivity contribution < 1.29 is 4.74 Å². The maximum absolute atomic E-state index is 6.08. The van der Waals surface area contributed by atoms with E-state index in [0.29, 0.717) is 6.04 Å². The molecule has 0 amide bonds. The Balaban J connectivity index is 2.37. The van der Waals surface area contributed by atoms with Gasteiger partial charge in [-0.15, -0.1) is 0 Å². The maximum atomic E-state index is 6.08. The molecule has 0 aliphatic heterocycles. The van der Waals surface area contributed by atoms with E-state index in [9.17, 15) is 0 Å². The van der Waals surface area contributed by atoms with E-state index < -0.39 is 0 Å². The molecule has 0 radical (unpaired) electrons. The van der Waals surface area contributed by atoms with Crippen LogP contribution in [0.15, 0.2) is 18.2 Å². The SMILES string of the molecule is COc1cccc(N(C)C2CCC2)c1[C@@H](C)N. The lowest BCUT2D eigenvalue weighted by molar-refractivity contribution is 0.394. The van der Waals surface area contributed by atoms with Gasteiger partial charge in [0.2, 0.25) is 0 Å². The fourth-order valence-corrected chi connectivity index (χ4v) is 2.45. The first kappa shape index (κ1) is 12.2. The third-order valence-corrected chi connectivity index (χ3v) is 3.72. The zero-order valence-electron chi connectivity index (χ0n) is 10.9. The number of nitrogens with zero attached hydrogens (tertiary/aromatic N) is 1. The summed E-state index contributed by atoms with van der Waals surface area (Å²) in [5.41, 5.74) is 8.41. The molecule has 94 valence electrons. The van der Waals surface area contributed by atoms with Crippen LogP contribution in [0.4, 0.5) is 5.69 Å². The molecule has 2 N–H and O–H groups in total. The molecule has 1 aromatic carbocycles. The van der Waals surface area contributed by atoms with Gasteiger partial charge in [-0.2, -0.15) is 0 Å². The van der Waals surface area contributed by atoms with Crippen LogP contribution in [-0.2, 0) is 0 Å². The van der Waals surface area contributed by atoms with Crippen molar-refractivity contribution in [3.05, 3.63) is 23.8 Å². The Hall–Kier alpha value is -1.22. The van der Waals surface area contributed by atoms with Crippen molar-refractivity contribution in [2.75, 3.05) is 19.1 Å². The van der Waals surface area contributed by atoms with E-state index in [1.807, 2.05) is 19.1 Å². The fourth-order valence-electron chi connectivity index (χ4n) is 2.45. The second-order valence-corrected chi connectivity index (χ2v) is 4.88. The number of methoxy groups -OCH3 is 1. The third kappa shape index (κ3) is 2.25. The topological polar surface area (TPSA) is 38.5 Å². The zero-order chi connectivity index (χ0) is 12.4. The molecule has 0 spiro atoms. The predicted molar refractivity (Wildman–Crippen MR) is 71.6 cm³/mol. The molecule has 1 fully saturated rings. The van der Waals surface area contributed by atoms with Crippen LogP contribution < -0.4 is 15.4 Å². The van der Waals surface area contributed by atoms with E-state index in [1.165, 1.54) is 24.9 Å². The average molecular weight is 234 g/mol. The molecule has 3 nitrogen and oxygen atoms in total. The monoisotopic (exact) mass is 234 g/mol. The van der Waals surface area contributed by atoms with Crippen LogP contribution in [0.25, 0.3) is 0 Å². The van der Waals surface area contributed by atoms with Crippen LogP contribution in [-0.4, -0.2) is 20.2 Å². The summed E-state index contributed by atoms with van der Waals surface area (Å²) in [6, 6.07) is 6.81. The second kappa shape index (κ2) is 4.96. The highest BCUT2D eigenvalue weighted by atomic mass is 16.5. The molecule has 1 atom stereocenters. The van der Waals surface area contributed by atoms with E-state index in [2.05, 4.69) is 18.0 Å². The second-order valence-electron chi connectivity index (χ2n) is 4.88. The largest absolute Gasteiger partial charge is 0.496 e. The number of anilines is 1. The van der Waals surface area contributed by atoms with Crippen molar-refractivity contribution in [1.29, 1.82) is 0 Å². The van der Waals surface area contributed by atoms with Crippen molar-refractivity contribution >= 4 is 5.69 Å². The van der Waals surface area contributed by atoms with Crippen LogP contribution in [0.2, 0.25) is 0 Å².